The summed E-state index contributed by atoms with van der Waals surface area (Å²) in [5.41, 5.74) is 6.00. The van der Waals surface area contributed by atoms with E-state index in [-0.39, 0.29) is 0 Å². The zero-order valence-electron chi connectivity index (χ0n) is 16.7. The Bertz CT molecular complexity index is 1540. The van der Waals surface area contributed by atoms with Gasteiger partial charge in [0, 0.05) is 21.8 Å². The molecule has 6 aromatic rings. The van der Waals surface area contributed by atoms with E-state index in [0.29, 0.717) is 0 Å². The SMILES string of the molecule is IN(c1ccc2c(c1)c1ccccc1n2-c1ccccc1)c1cccc2ccccc12. The number of rotatable bonds is 3. The predicted octanol–water partition coefficient (Wildman–Crippen LogP) is 8.43. The molecule has 31 heavy (non-hydrogen) atoms. The Hall–Kier alpha value is -3.31. The molecule has 3 heteroatoms. The van der Waals surface area contributed by atoms with Gasteiger partial charge in [0.2, 0.25) is 0 Å². The predicted molar refractivity (Wildman–Crippen MR) is 141 cm³/mol. The maximum absolute atomic E-state index is 2.42. The van der Waals surface area contributed by atoms with Crippen LogP contribution in [0.25, 0.3) is 38.3 Å². The van der Waals surface area contributed by atoms with Crippen LogP contribution in [-0.4, -0.2) is 4.57 Å². The zero-order valence-corrected chi connectivity index (χ0v) is 18.9. The molecule has 6 rings (SSSR count). The van der Waals surface area contributed by atoms with E-state index in [2.05, 4.69) is 146 Å². The summed E-state index contributed by atoms with van der Waals surface area (Å²) in [6.45, 7) is 0. The van der Waals surface area contributed by atoms with Crippen molar-refractivity contribution >= 4 is 66.8 Å². The molecule has 0 spiro atoms. The molecule has 0 atom stereocenters. The van der Waals surface area contributed by atoms with E-state index in [9.17, 15) is 0 Å². The molecule has 0 aliphatic carbocycles. The molecule has 0 aliphatic heterocycles. The third kappa shape index (κ3) is 3.00. The van der Waals surface area contributed by atoms with Crippen molar-refractivity contribution in [2.75, 3.05) is 3.11 Å². The van der Waals surface area contributed by atoms with Gasteiger partial charge >= 0.3 is 0 Å². The number of fused-ring (bicyclic) bond motifs is 4. The van der Waals surface area contributed by atoms with E-state index in [1.807, 2.05) is 0 Å². The molecule has 0 unspecified atom stereocenters. The van der Waals surface area contributed by atoms with Crippen LogP contribution in [0.3, 0.4) is 0 Å². The quantitative estimate of drug-likeness (QED) is 0.171. The van der Waals surface area contributed by atoms with E-state index in [4.69, 9.17) is 0 Å². The van der Waals surface area contributed by atoms with E-state index in [1.165, 1.54) is 49.6 Å². The number of hydrogen-bond acceptors (Lipinski definition) is 1. The minimum atomic E-state index is 1.17. The van der Waals surface area contributed by atoms with Gasteiger partial charge < -0.3 is 4.57 Å². The van der Waals surface area contributed by atoms with Gasteiger partial charge in [0.25, 0.3) is 0 Å². The van der Waals surface area contributed by atoms with Crippen molar-refractivity contribution in [1.29, 1.82) is 0 Å². The Morgan fingerprint density at radius 1 is 0.548 bits per heavy atom. The summed E-state index contributed by atoms with van der Waals surface area (Å²) in [6, 6.07) is 41.0. The first-order valence-corrected chi connectivity index (χ1v) is 11.3. The Labute approximate surface area is 194 Å². The summed E-state index contributed by atoms with van der Waals surface area (Å²) in [5, 5.41) is 5.04. The van der Waals surface area contributed by atoms with Gasteiger partial charge in [-0.3, -0.25) is 3.11 Å². The van der Waals surface area contributed by atoms with Gasteiger partial charge in [-0.1, -0.05) is 72.8 Å². The van der Waals surface area contributed by atoms with Crippen molar-refractivity contribution in [3.63, 3.8) is 0 Å². The number of anilines is 2. The maximum atomic E-state index is 2.42. The average Bonchev–Trinajstić information content (AvgIpc) is 3.17. The van der Waals surface area contributed by atoms with Crippen LogP contribution in [0.1, 0.15) is 0 Å². The smallest absolute Gasteiger partial charge is 0.0646 e. The third-order valence-electron chi connectivity index (χ3n) is 5.88. The molecule has 0 fully saturated rings. The maximum Gasteiger partial charge on any atom is 0.0646 e. The fourth-order valence-electron chi connectivity index (χ4n) is 4.46. The number of benzene rings is 5. The molecule has 1 aromatic heterocycles. The van der Waals surface area contributed by atoms with E-state index in [1.54, 1.807) is 0 Å². The largest absolute Gasteiger partial charge is 0.309 e. The fourth-order valence-corrected chi connectivity index (χ4v) is 5.18. The molecule has 0 N–H and O–H groups in total. The van der Waals surface area contributed by atoms with Gasteiger partial charge in [-0.05, 0) is 47.9 Å². The Balaban J connectivity index is 1.58. The number of halogens is 1. The summed E-state index contributed by atoms with van der Waals surface area (Å²) in [4.78, 5) is 0. The average molecular weight is 510 g/mol. The Morgan fingerprint density at radius 3 is 2.10 bits per heavy atom. The summed E-state index contributed by atoms with van der Waals surface area (Å²) in [5.74, 6) is 0. The highest BCUT2D eigenvalue weighted by Gasteiger charge is 2.15. The molecule has 0 saturated carbocycles. The molecule has 0 radical (unpaired) electrons. The second-order valence-corrected chi connectivity index (χ2v) is 8.63. The van der Waals surface area contributed by atoms with Crippen LogP contribution < -0.4 is 3.11 Å². The summed E-state index contributed by atoms with van der Waals surface area (Å²) < 4.78 is 4.61. The lowest BCUT2D eigenvalue weighted by molar-refractivity contribution is 1.18. The molecule has 2 nitrogen and oxygen atoms in total. The number of hydrogen-bond donors (Lipinski definition) is 0. The monoisotopic (exact) mass is 510 g/mol. The van der Waals surface area contributed by atoms with Crippen molar-refractivity contribution in [1.82, 2.24) is 4.57 Å². The summed E-state index contributed by atoms with van der Waals surface area (Å²) in [6.07, 6.45) is 0. The lowest BCUT2D eigenvalue weighted by Gasteiger charge is -2.19. The van der Waals surface area contributed by atoms with E-state index < -0.39 is 0 Å². The standard InChI is InChI=1S/C28H19IN2/c29-31(28-16-8-10-20-9-4-5-13-23(20)28)22-17-18-27-25(19-22)24-14-6-7-15-26(24)30(27)21-11-2-1-3-12-21/h1-19H. The fraction of sp³-hybridized carbons (Fsp3) is 0. The lowest BCUT2D eigenvalue weighted by Crippen LogP contribution is -2.01. The molecule has 1 heterocycles. The molecule has 148 valence electrons. The number of aromatic nitrogens is 1. The van der Waals surface area contributed by atoms with Crippen molar-refractivity contribution in [3.8, 4) is 5.69 Å². The molecule has 0 aliphatic rings. The minimum absolute atomic E-state index is 1.17. The van der Waals surface area contributed by atoms with Gasteiger partial charge in [-0.25, -0.2) is 0 Å². The molecular formula is C28H19IN2. The van der Waals surface area contributed by atoms with Crippen LogP contribution >= 0.6 is 22.9 Å². The first-order chi connectivity index (χ1) is 15.3. The van der Waals surface area contributed by atoms with Crippen LogP contribution in [0.4, 0.5) is 11.4 Å². The van der Waals surface area contributed by atoms with Crippen molar-refractivity contribution in [3.05, 3.63) is 115 Å². The van der Waals surface area contributed by atoms with Gasteiger partial charge in [0.05, 0.1) is 45.3 Å². The molecule has 0 bridgehead atoms. The van der Waals surface area contributed by atoms with Gasteiger partial charge in [0.15, 0.2) is 0 Å². The Kier molecular flexibility index (Phi) is 4.42. The first-order valence-electron chi connectivity index (χ1n) is 10.3. The topological polar surface area (TPSA) is 8.17 Å². The third-order valence-corrected chi connectivity index (χ3v) is 6.95. The second-order valence-electron chi connectivity index (χ2n) is 7.67. The number of para-hydroxylation sites is 2. The van der Waals surface area contributed by atoms with Crippen LogP contribution in [0.2, 0.25) is 0 Å². The van der Waals surface area contributed by atoms with Crippen LogP contribution in [-0.2, 0) is 0 Å². The first kappa shape index (κ1) is 18.5. The van der Waals surface area contributed by atoms with Crippen molar-refractivity contribution in [2.45, 2.75) is 0 Å². The van der Waals surface area contributed by atoms with E-state index in [0.717, 1.165) is 0 Å². The zero-order chi connectivity index (χ0) is 20.8. The summed E-state index contributed by atoms with van der Waals surface area (Å²) >= 11 is 2.42. The molecule has 0 saturated heterocycles. The summed E-state index contributed by atoms with van der Waals surface area (Å²) in [7, 11) is 0. The van der Waals surface area contributed by atoms with Crippen molar-refractivity contribution in [2.24, 2.45) is 0 Å². The molecule has 5 aromatic carbocycles. The second kappa shape index (κ2) is 7.43. The van der Waals surface area contributed by atoms with Crippen LogP contribution in [0.15, 0.2) is 115 Å². The lowest BCUT2D eigenvalue weighted by atomic mass is 10.1. The normalized spacial score (nSPS) is 11.4. The van der Waals surface area contributed by atoms with Gasteiger partial charge in [-0.15, -0.1) is 0 Å². The van der Waals surface area contributed by atoms with Gasteiger partial charge in [0.1, 0.15) is 0 Å². The highest BCUT2D eigenvalue weighted by Crippen LogP contribution is 2.39. The molecule has 0 amide bonds. The van der Waals surface area contributed by atoms with Gasteiger partial charge in [-0.2, -0.15) is 0 Å². The highest BCUT2D eigenvalue weighted by molar-refractivity contribution is 14.1. The molecular weight excluding hydrogens is 491 g/mol. The van der Waals surface area contributed by atoms with Crippen molar-refractivity contribution < 1.29 is 0 Å². The van der Waals surface area contributed by atoms with Crippen LogP contribution in [0, 0.1) is 0 Å². The minimum Gasteiger partial charge on any atom is -0.309 e. The Morgan fingerprint density at radius 2 is 1.23 bits per heavy atom. The van der Waals surface area contributed by atoms with E-state index >= 15 is 0 Å². The van der Waals surface area contributed by atoms with Crippen LogP contribution in [0.5, 0.6) is 0 Å². The highest BCUT2D eigenvalue weighted by atomic mass is 127. The number of nitrogens with zero attached hydrogens (tertiary/aromatic N) is 2.